The van der Waals surface area contributed by atoms with Crippen LogP contribution in [0.4, 0.5) is 0 Å². The molecular weight excluding hydrogens is 697 g/mol. The first-order valence-electron chi connectivity index (χ1n) is 22.0. The zero-order chi connectivity index (χ0) is 40.8. The van der Waals surface area contributed by atoms with Gasteiger partial charge in [-0.1, -0.05) is 169 Å². The van der Waals surface area contributed by atoms with Crippen molar-refractivity contribution in [2.45, 2.75) is 175 Å². The lowest BCUT2D eigenvalue weighted by atomic mass is 10.1. The van der Waals surface area contributed by atoms with Crippen LogP contribution in [0.25, 0.3) is 0 Å². The summed E-state index contributed by atoms with van der Waals surface area (Å²) in [4.78, 5) is 37.7. The SMILES string of the molecule is CC\C=C/C=C\C=C/CCCCCCCC(=O)OCC(COC(=O)CCCC/C=C\C/C=C\C/C=C\CC)OC(=O)CCCCCCC\C=C/C=C\C=C/CC. The molecule has 0 saturated carbocycles. The molecule has 0 aliphatic carbocycles. The van der Waals surface area contributed by atoms with Crippen LogP contribution in [0.3, 0.4) is 0 Å². The van der Waals surface area contributed by atoms with Gasteiger partial charge >= 0.3 is 17.9 Å². The Balaban J connectivity index is 4.54. The maximum Gasteiger partial charge on any atom is 0.306 e. The first-order chi connectivity index (χ1) is 27.5. The molecule has 1 atom stereocenters. The summed E-state index contributed by atoms with van der Waals surface area (Å²) in [6.45, 7) is 6.14. The number of ether oxygens (including phenoxy) is 3. The molecule has 0 aromatic rings. The number of hydrogen-bond acceptors (Lipinski definition) is 6. The van der Waals surface area contributed by atoms with Gasteiger partial charge in [0.1, 0.15) is 13.2 Å². The van der Waals surface area contributed by atoms with Gasteiger partial charge in [-0.15, -0.1) is 0 Å². The molecule has 0 aromatic carbocycles. The summed E-state index contributed by atoms with van der Waals surface area (Å²) in [6.07, 6.45) is 57.9. The van der Waals surface area contributed by atoms with Crippen molar-refractivity contribution >= 4 is 17.9 Å². The Morgan fingerprint density at radius 3 is 1.23 bits per heavy atom. The van der Waals surface area contributed by atoms with Crippen molar-refractivity contribution in [2.24, 2.45) is 0 Å². The second-order valence-electron chi connectivity index (χ2n) is 13.9. The topological polar surface area (TPSA) is 78.9 Å². The molecule has 0 saturated heterocycles. The third kappa shape index (κ3) is 41.2. The number of allylic oxidation sites excluding steroid dienone is 18. The van der Waals surface area contributed by atoms with E-state index in [-0.39, 0.29) is 37.5 Å². The minimum Gasteiger partial charge on any atom is -0.462 e. The third-order valence-electron chi connectivity index (χ3n) is 8.63. The van der Waals surface area contributed by atoms with Gasteiger partial charge in [0.15, 0.2) is 6.10 Å². The molecule has 0 aromatic heterocycles. The molecule has 6 heteroatoms. The number of carbonyl (C=O) groups is 3. The van der Waals surface area contributed by atoms with Crippen LogP contribution in [0.5, 0.6) is 0 Å². The smallest absolute Gasteiger partial charge is 0.306 e. The van der Waals surface area contributed by atoms with Crippen molar-refractivity contribution in [3.8, 4) is 0 Å². The molecule has 0 aliphatic heterocycles. The van der Waals surface area contributed by atoms with E-state index >= 15 is 0 Å². The number of hydrogen-bond donors (Lipinski definition) is 0. The van der Waals surface area contributed by atoms with Crippen molar-refractivity contribution < 1.29 is 28.6 Å². The van der Waals surface area contributed by atoms with Gasteiger partial charge < -0.3 is 14.2 Å². The van der Waals surface area contributed by atoms with E-state index in [1.54, 1.807) is 0 Å². The van der Waals surface area contributed by atoms with E-state index in [1.807, 2.05) is 12.2 Å². The standard InChI is InChI=1S/C50H78O6/c1-4-7-10-13-16-19-22-25-28-31-34-37-40-43-49(52)55-46-47(45-54-48(51)42-39-36-33-30-27-24-21-18-15-12-9-6-3)56-50(53)44-41-38-35-32-29-26-23-20-17-14-11-8-5-2/h7-14,16-23,27,30,47H,4-6,15,24-26,28-29,31-46H2,1-3H3/b10-7-,11-8-,12-9-,16-13-,17-14-,21-18-,22-19-,23-20-,30-27-. The molecule has 0 radical (unpaired) electrons. The summed E-state index contributed by atoms with van der Waals surface area (Å²) >= 11 is 0. The van der Waals surface area contributed by atoms with Crippen molar-refractivity contribution in [3.63, 3.8) is 0 Å². The number of carbonyl (C=O) groups excluding carboxylic acids is 3. The summed E-state index contributed by atoms with van der Waals surface area (Å²) < 4.78 is 16.6. The summed E-state index contributed by atoms with van der Waals surface area (Å²) in [6, 6.07) is 0. The summed E-state index contributed by atoms with van der Waals surface area (Å²) in [5.74, 6) is -1.01. The van der Waals surface area contributed by atoms with E-state index in [1.165, 1.54) is 0 Å². The van der Waals surface area contributed by atoms with Crippen LogP contribution in [-0.4, -0.2) is 37.2 Å². The van der Waals surface area contributed by atoms with E-state index in [2.05, 4.69) is 118 Å². The molecule has 0 heterocycles. The normalized spacial score (nSPS) is 13.1. The molecule has 0 bridgehead atoms. The summed E-state index contributed by atoms with van der Waals surface area (Å²) in [7, 11) is 0. The molecule has 0 spiro atoms. The van der Waals surface area contributed by atoms with Crippen molar-refractivity contribution in [1.29, 1.82) is 0 Å². The number of unbranched alkanes of at least 4 members (excludes halogenated alkanes) is 12. The fourth-order valence-corrected chi connectivity index (χ4v) is 5.39. The molecule has 0 amide bonds. The Kier molecular flexibility index (Phi) is 40.7. The zero-order valence-corrected chi connectivity index (χ0v) is 35.6. The van der Waals surface area contributed by atoms with E-state index in [4.69, 9.17) is 14.2 Å². The van der Waals surface area contributed by atoms with Gasteiger partial charge in [0.2, 0.25) is 0 Å². The number of esters is 3. The van der Waals surface area contributed by atoms with Gasteiger partial charge in [0.05, 0.1) is 0 Å². The molecule has 0 fully saturated rings. The molecule has 0 N–H and O–H groups in total. The Morgan fingerprint density at radius 2 is 0.732 bits per heavy atom. The monoisotopic (exact) mass is 775 g/mol. The lowest BCUT2D eigenvalue weighted by molar-refractivity contribution is -0.167. The van der Waals surface area contributed by atoms with Gasteiger partial charge in [-0.2, -0.15) is 0 Å². The van der Waals surface area contributed by atoms with Gasteiger partial charge in [-0.05, 0) is 89.9 Å². The second-order valence-corrected chi connectivity index (χ2v) is 13.9. The average molecular weight is 775 g/mol. The van der Waals surface area contributed by atoms with Crippen LogP contribution in [0.15, 0.2) is 109 Å². The third-order valence-corrected chi connectivity index (χ3v) is 8.63. The fourth-order valence-electron chi connectivity index (χ4n) is 5.39. The maximum atomic E-state index is 12.7. The summed E-state index contributed by atoms with van der Waals surface area (Å²) in [5.41, 5.74) is 0. The molecule has 6 nitrogen and oxygen atoms in total. The molecular formula is C50H78O6. The van der Waals surface area contributed by atoms with E-state index < -0.39 is 6.10 Å². The molecule has 1 unspecified atom stereocenters. The van der Waals surface area contributed by atoms with Crippen LogP contribution in [0, 0.1) is 0 Å². The Hall–Kier alpha value is -3.93. The van der Waals surface area contributed by atoms with Crippen molar-refractivity contribution in [3.05, 3.63) is 109 Å². The predicted octanol–water partition coefficient (Wildman–Crippen LogP) is 14.0. The maximum absolute atomic E-state index is 12.7. The number of rotatable bonds is 37. The van der Waals surface area contributed by atoms with E-state index in [0.29, 0.717) is 12.8 Å². The van der Waals surface area contributed by atoms with E-state index in [0.717, 1.165) is 128 Å². The van der Waals surface area contributed by atoms with Crippen molar-refractivity contribution in [2.75, 3.05) is 13.2 Å². The first kappa shape index (κ1) is 52.1. The van der Waals surface area contributed by atoms with Gasteiger partial charge in [-0.3, -0.25) is 14.4 Å². The molecule has 0 aliphatic rings. The first-order valence-corrected chi connectivity index (χ1v) is 22.0. The summed E-state index contributed by atoms with van der Waals surface area (Å²) in [5, 5.41) is 0. The van der Waals surface area contributed by atoms with Crippen LogP contribution < -0.4 is 0 Å². The average Bonchev–Trinajstić information content (AvgIpc) is 3.19. The van der Waals surface area contributed by atoms with Crippen molar-refractivity contribution in [1.82, 2.24) is 0 Å². The van der Waals surface area contributed by atoms with Crippen LogP contribution >= 0.6 is 0 Å². The Labute approximate surface area is 342 Å². The minimum atomic E-state index is -0.812. The highest BCUT2D eigenvalue weighted by atomic mass is 16.6. The van der Waals surface area contributed by atoms with Gasteiger partial charge in [0.25, 0.3) is 0 Å². The molecule has 314 valence electrons. The lowest BCUT2D eigenvalue weighted by Gasteiger charge is -2.18. The van der Waals surface area contributed by atoms with Gasteiger partial charge in [0, 0.05) is 19.3 Å². The van der Waals surface area contributed by atoms with Crippen LogP contribution in [0.1, 0.15) is 168 Å². The van der Waals surface area contributed by atoms with E-state index in [9.17, 15) is 14.4 Å². The van der Waals surface area contributed by atoms with Crippen LogP contribution in [0.2, 0.25) is 0 Å². The van der Waals surface area contributed by atoms with Crippen LogP contribution in [-0.2, 0) is 28.6 Å². The highest BCUT2D eigenvalue weighted by Gasteiger charge is 2.19. The fraction of sp³-hybridized carbons (Fsp3) is 0.580. The van der Waals surface area contributed by atoms with Gasteiger partial charge in [-0.25, -0.2) is 0 Å². The minimum absolute atomic E-state index is 0.113. The zero-order valence-electron chi connectivity index (χ0n) is 35.6. The highest BCUT2D eigenvalue weighted by Crippen LogP contribution is 2.12. The largest absolute Gasteiger partial charge is 0.462 e. The predicted molar refractivity (Wildman–Crippen MR) is 237 cm³/mol. The Morgan fingerprint density at radius 1 is 0.375 bits per heavy atom. The molecule has 56 heavy (non-hydrogen) atoms. The Bertz CT molecular complexity index is 1210. The quantitative estimate of drug-likeness (QED) is 0.0206. The second kappa shape index (κ2) is 43.8. The lowest BCUT2D eigenvalue weighted by Crippen LogP contribution is -2.30. The highest BCUT2D eigenvalue weighted by molar-refractivity contribution is 5.71. The molecule has 0 rings (SSSR count).